The first-order chi connectivity index (χ1) is 16.6. The van der Waals surface area contributed by atoms with Gasteiger partial charge in [0.2, 0.25) is 0 Å². The van der Waals surface area contributed by atoms with E-state index in [1.807, 2.05) is 34.4 Å². The third kappa shape index (κ3) is 3.53. The highest BCUT2D eigenvalue weighted by molar-refractivity contribution is 7.15. The van der Waals surface area contributed by atoms with E-state index in [4.69, 9.17) is 0 Å². The van der Waals surface area contributed by atoms with Crippen LogP contribution in [0.15, 0.2) is 66.9 Å². The summed E-state index contributed by atoms with van der Waals surface area (Å²) in [5.41, 5.74) is 5.81. The van der Waals surface area contributed by atoms with E-state index in [9.17, 15) is 9.18 Å². The van der Waals surface area contributed by atoms with Crippen molar-refractivity contribution in [1.82, 2.24) is 9.47 Å². The lowest BCUT2D eigenvalue weighted by atomic mass is 9.95. The highest BCUT2D eigenvalue weighted by Crippen LogP contribution is 2.44. The number of carbonyl (C=O) groups is 1. The normalized spacial score (nSPS) is 16.9. The van der Waals surface area contributed by atoms with Crippen molar-refractivity contribution in [1.29, 1.82) is 0 Å². The van der Waals surface area contributed by atoms with E-state index in [-0.39, 0.29) is 17.9 Å². The molecule has 0 radical (unpaired) electrons. The zero-order chi connectivity index (χ0) is 23.2. The van der Waals surface area contributed by atoms with Gasteiger partial charge in [-0.05, 0) is 73.6 Å². The quantitative estimate of drug-likeness (QED) is 0.336. The van der Waals surface area contributed by atoms with Crippen molar-refractivity contribution in [3.05, 3.63) is 106 Å². The Morgan fingerprint density at radius 1 is 1.03 bits per heavy atom. The molecule has 6 rings (SSSR count). The molecule has 0 fully saturated rings. The van der Waals surface area contributed by atoms with Crippen LogP contribution in [0.25, 0.3) is 5.00 Å². The minimum atomic E-state index is -0.323. The third-order valence-corrected chi connectivity index (χ3v) is 8.31. The first-order valence-corrected chi connectivity index (χ1v) is 12.6. The van der Waals surface area contributed by atoms with Gasteiger partial charge in [0.1, 0.15) is 10.8 Å². The highest BCUT2D eigenvalue weighted by Gasteiger charge is 2.36. The Balaban J connectivity index is 1.48. The number of rotatable bonds is 2. The number of aryl methyl sites for hydroxylation is 2. The second kappa shape index (κ2) is 8.44. The maximum Gasteiger partial charge on any atom is 0.322 e. The molecule has 34 heavy (non-hydrogen) atoms. The lowest BCUT2D eigenvalue weighted by Crippen LogP contribution is -2.38. The van der Waals surface area contributed by atoms with E-state index in [1.165, 1.54) is 39.9 Å². The molecule has 1 N–H and O–H groups in total. The molecule has 4 aromatic rings. The Morgan fingerprint density at radius 2 is 1.85 bits per heavy atom. The van der Waals surface area contributed by atoms with Crippen LogP contribution in [0.1, 0.15) is 51.7 Å². The molecule has 0 bridgehead atoms. The summed E-state index contributed by atoms with van der Waals surface area (Å²) >= 11 is 1.87. The number of halogens is 1. The second-order valence-corrected chi connectivity index (χ2v) is 10.2. The molecule has 172 valence electrons. The molecule has 3 heterocycles. The van der Waals surface area contributed by atoms with Crippen LogP contribution in [0.2, 0.25) is 0 Å². The van der Waals surface area contributed by atoms with Gasteiger partial charge in [-0.1, -0.05) is 36.4 Å². The molecule has 1 aliphatic carbocycles. The van der Waals surface area contributed by atoms with Crippen molar-refractivity contribution in [2.75, 3.05) is 5.32 Å². The summed E-state index contributed by atoms with van der Waals surface area (Å²) in [4.78, 5) is 17.2. The van der Waals surface area contributed by atoms with Crippen LogP contribution in [-0.2, 0) is 19.4 Å². The SMILES string of the molecule is Cc1ccc(NC(=O)N2Cc3c(sc4c3CCCC4)-n3cccc3C2c2ccccc2)cc1F. The number of urea groups is 1. The number of carbonyl (C=O) groups excluding carboxylic acids is 1. The van der Waals surface area contributed by atoms with Gasteiger partial charge in [0.05, 0.1) is 18.3 Å². The summed E-state index contributed by atoms with van der Waals surface area (Å²) in [6, 6.07) is 18.7. The van der Waals surface area contributed by atoms with Gasteiger partial charge in [0.25, 0.3) is 0 Å². The van der Waals surface area contributed by atoms with Crippen molar-refractivity contribution in [2.24, 2.45) is 0 Å². The largest absolute Gasteiger partial charge is 0.322 e. The Labute approximate surface area is 202 Å². The Kier molecular flexibility index (Phi) is 5.26. The fourth-order valence-electron chi connectivity index (χ4n) is 5.24. The van der Waals surface area contributed by atoms with Gasteiger partial charge in [-0.15, -0.1) is 11.3 Å². The summed E-state index contributed by atoms with van der Waals surface area (Å²) in [5.74, 6) is -0.323. The second-order valence-electron chi connectivity index (χ2n) is 9.13. The third-order valence-electron chi connectivity index (χ3n) is 6.98. The van der Waals surface area contributed by atoms with Crippen LogP contribution in [-0.4, -0.2) is 15.5 Å². The molecule has 1 unspecified atom stereocenters. The molecule has 2 aromatic carbocycles. The minimum Gasteiger partial charge on any atom is -0.310 e. The Morgan fingerprint density at radius 3 is 2.68 bits per heavy atom. The topological polar surface area (TPSA) is 37.3 Å². The number of fused-ring (bicyclic) bond motifs is 5. The predicted molar refractivity (Wildman–Crippen MR) is 134 cm³/mol. The molecular weight excluding hydrogens is 445 g/mol. The number of thiophene rings is 1. The van der Waals surface area contributed by atoms with Crippen LogP contribution >= 0.6 is 11.3 Å². The van der Waals surface area contributed by atoms with Crippen LogP contribution in [0.4, 0.5) is 14.9 Å². The first-order valence-electron chi connectivity index (χ1n) is 11.8. The number of hydrogen-bond acceptors (Lipinski definition) is 2. The fourth-order valence-corrected chi connectivity index (χ4v) is 6.64. The summed E-state index contributed by atoms with van der Waals surface area (Å²) < 4.78 is 16.5. The monoisotopic (exact) mass is 471 g/mol. The molecule has 1 aliphatic heterocycles. The predicted octanol–water partition coefficient (Wildman–Crippen LogP) is 7.00. The van der Waals surface area contributed by atoms with E-state index in [0.717, 1.165) is 24.1 Å². The van der Waals surface area contributed by atoms with Gasteiger partial charge in [0, 0.05) is 22.3 Å². The van der Waals surface area contributed by atoms with Crippen molar-refractivity contribution < 1.29 is 9.18 Å². The van der Waals surface area contributed by atoms with Crippen LogP contribution in [0.3, 0.4) is 0 Å². The average molecular weight is 472 g/mol. The van der Waals surface area contributed by atoms with Crippen molar-refractivity contribution in [3.8, 4) is 5.00 Å². The van der Waals surface area contributed by atoms with Crippen molar-refractivity contribution in [2.45, 2.75) is 45.2 Å². The minimum absolute atomic E-state index is 0.228. The number of amides is 2. The summed E-state index contributed by atoms with van der Waals surface area (Å²) in [6.45, 7) is 2.24. The van der Waals surface area contributed by atoms with E-state index in [1.54, 1.807) is 19.1 Å². The lowest BCUT2D eigenvalue weighted by molar-refractivity contribution is 0.194. The molecule has 6 heteroatoms. The maximum absolute atomic E-state index is 14.2. The highest BCUT2D eigenvalue weighted by atomic mass is 32.1. The number of nitrogens with one attached hydrogen (secondary N) is 1. The standard InChI is InChI=1S/C28H26FN3OS/c1-18-13-14-20(16-23(18)29)30-28(33)32-17-22-21-10-5-6-12-25(21)34-27(22)31-15-7-11-24(31)26(32)19-8-3-2-4-9-19/h2-4,7-9,11,13-16,26H,5-6,10,12,17H2,1H3,(H,30,33). The molecular formula is C28H26FN3OS. The van der Waals surface area contributed by atoms with E-state index in [2.05, 4.69) is 40.3 Å². The summed E-state index contributed by atoms with van der Waals surface area (Å²) in [6.07, 6.45) is 6.70. The number of aromatic nitrogens is 1. The number of anilines is 1. The first kappa shape index (κ1) is 21.2. The zero-order valence-corrected chi connectivity index (χ0v) is 19.9. The van der Waals surface area contributed by atoms with Gasteiger partial charge >= 0.3 is 6.03 Å². The average Bonchev–Trinajstić information content (AvgIpc) is 3.44. The smallest absolute Gasteiger partial charge is 0.310 e. The molecule has 2 aromatic heterocycles. The lowest BCUT2D eigenvalue weighted by Gasteiger charge is -2.31. The van der Waals surface area contributed by atoms with E-state index >= 15 is 0 Å². The molecule has 0 saturated heterocycles. The van der Waals surface area contributed by atoms with Crippen molar-refractivity contribution in [3.63, 3.8) is 0 Å². The van der Waals surface area contributed by atoms with Crippen LogP contribution in [0.5, 0.6) is 0 Å². The molecule has 0 saturated carbocycles. The molecule has 0 spiro atoms. The van der Waals surface area contributed by atoms with Gasteiger partial charge in [-0.3, -0.25) is 0 Å². The fraction of sp³-hybridized carbons (Fsp3) is 0.250. The van der Waals surface area contributed by atoms with Crippen molar-refractivity contribution >= 4 is 23.1 Å². The molecule has 1 atom stereocenters. The Hall–Kier alpha value is -3.38. The number of benzene rings is 2. The van der Waals surface area contributed by atoms with Crippen LogP contribution in [0, 0.1) is 12.7 Å². The molecule has 2 amide bonds. The van der Waals surface area contributed by atoms with E-state index in [0.29, 0.717) is 17.8 Å². The van der Waals surface area contributed by atoms with Crippen LogP contribution < -0.4 is 5.32 Å². The zero-order valence-electron chi connectivity index (χ0n) is 19.1. The van der Waals surface area contributed by atoms with E-state index < -0.39 is 0 Å². The number of hydrogen-bond donors (Lipinski definition) is 1. The maximum atomic E-state index is 14.2. The summed E-state index contributed by atoms with van der Waals surface area (Å²) in [7, 11) is 0. The Bertz CT molecular complexity index is 1370. The molecule has 2 aliphatic rings. The van der Waals surface area contributed by atoms with Gasteiger partial charge in [0.15, 0.2) is 0 Å². The molecule has 4 nitrogen and oxygen atoms in total. The van der Waals surface area contributed by atoms with Gasteiger partial charge in [-0.2, -0.15) is 0 Å². The van der Waals surface area contributed by atoms with Gasteiger partial charge < -0.3 is 14.8 Å². The number of nitrogens with zero attached hydrogens (tertiary/aromatic N) is 2. The summed E-state index contributed by atoms with van der Waals surface area (Å²) in [5, 5.41) is 4.20. The van der Waals surface area contributed by atoms with Gasteiger partial charge in [-0.25, -0.2) is 9.18 Å².